The Bertz CT molecular complexity index is 495. The van der Waals surface area contributed by atoms with Gasteiger partial charge in [-0.25, -0.2) is 0 Å². The summed E-state index contributed by atoms with van der Waals surface area (Å²) in [6.45, 7) is 4.51. The summed E-state index contributed by atoms with van der Waals surface area (Å²) < 4.78 is 10.6. The van der Waals surface area contributed by atoms with Crippen LogP contribution in [0.4, 0.5) is 0 Å². The van der Waals surface area contributed by atoms with Crippen LogP contribution in [0, 0.1) is 6.92 Å². The summed E-state index contributed by atoms with van der Waals surface area (Å²) >= 11 is 0. The maximum atomic E-state index is 12.2. The molecule has 1 unspecified atom stereocenters. The SMILES string of the molecule is CCCC(N)C(=O)N(C)Cc1cc(OC)c(OC)cc1C.Cl. The molecule has 0 radical (unpaired) electrons. The smallest absolute Gasteiger partial charge is 0.239 e. The van der Waals surface area contributed by atoms with Gasteiger partial charge in [-0.2, -0.15) is 0 Å². The predicted octanol–water partition coefficient (Wildman–Crippen LogP) is 2.52. The van der Waals surface area contributed by atoms with Gasteiger partial charge in [-0.3, -0.25) is 4.79 Å². The fourth-order valence-electron chi connectivity index (χ4n) is 2.24. The maximum Gasteiger partial charge on any atom is 0.239 e. The molecule has 0 saturated heterocycles. The molecule has 0 aliphatic heterocycles. The standard InChI is InChI=1S/C16H26N2O3.ClH/c1-6-7-13(17)16(19)18(3)10-12-9-15(21-5)14(20-4)8-11(12)2;/h8-9,13H,6-7,10,17H2,1-5H3;1H. The van der Waals surface area contributed by atoms with Gasteiger partial charge in [0.05, 0.1) is 20.3 Å². The number of nitrogens with zero attached hydrogens (tertiary/aromatic N) is 1. The molecule has 126 valence electrons. The van der Waals surface area contributed by atoms with Crippen LogP contribution >= 0.6 is 12.4 Å². The molecule has 0 heterocycles. The normalized spacial score (nSPS) is 11.4. The zero-order chi connectivity index (χ0) is 16.0. The minimum atomic E-state index is -0.430. The van der Waals surface area contributed by atoms with E-state index in [1.165, 1.54) is 0 Å². The Kier molecular flexibility index (Phi) is 8.90. The first kappa shape index (κ1) is 20.5. The van der Waals surface area contributed by atoms with Crippen molar-refractivity contribution in [3.05, 3.63) is 23.3 Å². The van der Waals surface area contributed by atoms with Crippen LogP contribution in [0.3, 0.4) is 0 Å². The first-order valence-corrected chi connectivity index (χ1v) is 7.16. The lowest BCUT2D eigenvalue weighted by atomic mass is 10.1. The molecule has 1 amide bonds. The number of hydrogen-bond acceptors (Lipinski definition) is 4. The molecule has 1 aromatic carbocycles. The van der Waals surface area contributed by atoms with Crippen LogP contribution in [0.25, 0.3) is 0 Å². The summed E-state index contributed by atoms with van der Waals surface area (Å²) in [6.07, 6.45) is 1.60. The number of carbonyl (C=O) groups is 1. The molecule has 22 heavy (non-hydrogen) atoms. The Hall–Kier alpha value is -1.46. The summed E-state index contributed by atoms with van der Waals surface area (Å²) in [4.78, 5) is 13.8. The van der Waals surface area contributed by atoms with E-state index in [2.05, 4.69) is 0 Å². The minimum Gasteiger partial charge on any atom is -0.493 e. The molecular formula is C16H27ClN2O3. The van der Waals surface area contributed by atoms with Gasteiger partial charge in [-0.1, -0.05) is 13.3 Å². The summed E-state index contributed by atoms with van der Waals surface area (Å²) in [6, 6.07) is 3.39. The predicted molar refractivity (Wildman–Crippen MR) is 90.9 cm³/mol. The van der Waals surface area contributed by atoms with Gasteiger partial charge in [-0.15, -0.1) is 12.4 Å². The zero-order valence-electron chi connectivity index (χ0n) is 14.0. The molecular weight excluding hydrogens is 304 g/mol. The molecule has 0 aromatic heterocycles. The number of hydrogen-bond donors (Lipinski definition) is 1. The highest BCUT2D eigenvalue weighted by Crippen LogP contribution is 2.30. The first-order valence-electron chi connectivity index (χ1n) is 7.16. The van der Waals surface area contributed by atoms with Crippen LogP contribution in [0.2, 0.25) is 0 Å². The summed E-state index contributed by atoms with van der Waals surface area (Å²) in [5.74, 6) is 1.32. The topological polar surface area (TPSA) is 64.8 Å². The lowest BCUT2D eigenvalue weighted by Crippen LogP contribution is -2.41. The van der Waals surface area contributed by atoms with Gasteiger partial charge in [-0.05, 0) is 36.6 Å². The Labute approximate surface area is 139 Å². The van der Waals surface area contributed by atoms with E-state index in [0.29, 0.717) is 24.5 Å². The van der Waals surface area contributed by atoms with Crippen molar-refractivity contribution in [3.63, 3.8) is 0 Å². The van der Waals surface area contributed by atoms with Crippen LogP contribution in [0.1, 0.15) is 30.9 Å². The lowest BCUT2D eigenvalue weighted by molar-refractivity contribution is -0.132. The summed E-state index contributed by atoms with van der Waals surface area (Å²) in [7, 11) is 4.98. The van der Waals surface area contributed by atoms with Crippen molar-refractivity contribution in [1.29, 1.82) is 0 Å². The average molecular weight is 331 g/mol. The molecule has 1 rings (SSSR count). The van der Waals surface area contributed by atoms with Crippen molar-refractivity contribution in [2.45, 2.75) is 39.3 Å². The first-order chi connectivity index (χ1) is 9.94. The van der Waals surface area contributed by atoms with Gasteiger partial charge in [0.1, 0.15) is 0 Å². The van der Waals surface area contributed by atoms with E-state index in [-0.39, 0.29) is 18.3 Å². The van der Waals surface area contributed by atoms with Crippen molar-refractivity contribution < 1.29 is 14.3 Å². The average Bonchev–Trinajstić information content (AvgIpc) is 2.48. The van der Waals surface area contributed by atoms with E-state index >= 15 is 0 Å². The van der Waals surface area contributed by atoms with Gasteiger partial charge in [0.2, 0.25) is 5.91 Å². The van der Waals surface area contributed by atoms with E-state index in [0.717, 1.165) is 17.5 Å². The Balaban J connectivity index is 0.00000441. The number of rotatable bonds is 7. The number of methoxy groups -OCH3 is 2. The van der Waals surface area contributed by atoms with E-state index in [1.807, 2.05) is 26.0 Å². The highest BCUT2D eigenvalue weighted by Gasteiger charge is 2.18. The third kappa shape index (κ3) is 5.07. The van der Waals surface area contributed by atoms with Crippen LogP contribution in [0.5, 0.6) is 11.5 Å². The van der Waals surface area contributed by atoms with Crippen molar-refractivity contribution in [1.82, 2.24) is 4.90 Å². The fourth-order valence-corrected chi connectivity index (χ4v) is 2.24. The molecule has 1 atom stereocenters. The van der Waals surface area contributed by atoms with Crippen LogP contribution < -0.4 is 15.2 Å². The molecule has 0 aliphatic rings. The second-order valence-electron chi connectivity index (χ2n) is 5.22. The monoisotopic (exact) mass is 330 g/mol. The number of halogens is 1. The molecule has 0 fully saturated rings. The molecule has 0 aliphatic carbocycles. The van der Waals surface area contributed by atoms with Gasteiger partial charge in [0.25, 0.3) is 0 Å². The fraction of sp³-hybridized carbons (Fsp3) is 0.562. The quantitative estimate of drug-likeness (QED) is 0.834. The summed E-state index contributed by atoms with van der Waals surface area (Å²) in [5.41, 5.74) is 7.96. The number of nitrogens with two attached hydrogens (primary N) is 1. The van der Waals surface area contributed by atoms with E-state index in [1.54, 1.807) is 26.2 Å². The largest absolute Gasteiger partial charge is 0.493 e. The van der Waals surface area contributed by atoms with Crippen molar-refractivity contribution in [2.75, 3.05) is 21.3 Å². The van der Waals surface area contributed by atoms with Gasteiger partial charge in [0.15, 0.2) is 11.5 Å². The second-order valence-corrected chi connectivity index (χ2v) is 5.22. The number of aryl methyl sites for hydroxylation is 1. The summed E-state index contributed by atoms with van der Waals surface area (Å²) in [5, 5.41) is 0. The molecule has 6 heteroatoms. The van der Waals surface area contributed by atoms with Crippen LogP contribution in [0.15, 0.2) is 12.1 Å². The molecule has 0 spiro atoms. The van der Waals surface area contributed by atoms with Gasteiger partial charge >= 0.3 is 0 Å². The maximum absolute atomic E-state index is 12.2. The Morgan fingerprint density at radius 2 is 1.82 bits per heavy atom. The van der Waals surface area contributed by atoms with E-state index < -0.39 is 6.04 Å². The Morgan fingerprint density at radius 3 is 2.32 bits per heavy atom. The van der Waals surface area contributed by atoms with Gasteiger partial charge in [0, 0.05) is 13.6 Å². The Morgan fingerprint density at radius 1 is 1.27 bits per heavy atom. The molecule has 1 aromatic rings. The second kappa shape index (κ2) is 9.54. The van der Waals surface area contributed by atoms with Crippen molar-refractivity contribution in [2.24, 2.45) is 5.73 Å². The highest BCUT2D eigenvalue weighted by atomic mass is 35.5. The van der Waals surface area contributed by atoms with Crippen molar-refractivity contribution >= 4 is 18.3 Å². The zero-order valence-corrected chi connectivity index (χ0v) is 14.8. The number of carbonyl (C=O) groups excluding carboxylic acids is 1. The number of likely N-dealkylation sites (N-methyl/N-ethyl adjacent to an activating group) is 1. The van der Waals surface area contributed by atoms with Crippen LogP contribution in [-0.2, 0) is 11.3 Å². The van der Waals surface area contributed by atoms with Crippen molar-refractivity contribution in [3.8, 4) is 11.5 Å². The van der Waals surface area contributed by atoms with Crippen LogP contribution in [-0.4, -0.2) is 38.1 Å². The van der Waals surface area contributed by atoms with E-state index in [4.69, 9.17) is 15.2 Å². The number of benzene rings is 1. The minimum absolute atomic E-state index is 0. The highest BCUT2D eigenvalue weighted by molar-refractivity contribution is 5.85. The van der Waals surface area contributed by atoms with Gasteiger partial charge < -0.3 is 20.1 Å². The molecule has 5 nitrogen and oxygen atoms in total. The van der Waals surface area contributed by atoms with E-state index in [9.17, 15) is 4.79 Å². The number of ether oxygens (including phenoxy) is 2. The lowest BCUT2D eigenvalue weighted by Gasteiger charge is -2.22. The molecule has 0 bridgehead atoms. The third-order valence-corrected chi connectivity index (χ3v) is 3.54. The molecule has 0 saturated carbocycles. The molecule has 2 N–H and O–H groups in total. The number of amides is 1. The third-order valence-electron chi connectivity index (χ3n) is 3.54.